The maximum absolute atomic E-state index is 13.5. The number of hydrogen-bond donors (Lipinski definition) is 0. The molecule has 136 valence electrons. The molecule has 1 aromatic rings. The molecule has 5 rings (SSSR count). The van der Waals surface area contributed by atoms with E-state index in [2.05, 4.69) is 23.1 Å². The molecule has 6 atom stereocenters. The molecule has 1 aromatic carbocycles. The van der Waals surface area contributed by atoms with Gasteiger partial charge in [-0.1, -0.05) is 51.1 Å². The zero-order valence-electron chi connectivity index (χ0n) is 15.2. The molecule has 0 spiro atoms. The fraction of sp³-hybridized carbons (Fsp3) is 0.524. The highest BCUT2D eigenvalue weighted by molar-refractivity contribution is 5.98. The average molecular weight is 353 g/mol. The number of ketones is 2. The van der Waals surface area contributed by atoms with Gasteiger partial charge in [0.1, 0.15) is 0 Å². The predicted octanol–water partition coefficient (Wildman–Crippen LogP) is 2.44. The number of ether oxygens (including phenoxy) is 2. The molecular weight excluding hydrogens is 330 g/mol. The van der Waals surface area contributed by atoms with Crippen LogP contribution in [0.4, 0.5) is 5.69 Å². The maximum atomic E-state index is 13.5. The molecule has 3 fully saturated rings. The molecular formula is C21H23NO4. The van der Waals surface area contributed by atoms with E-state index in [0.29, 0.717) is 6.61 Å². The third kappa shape index (κ3) is 2.04. The Bertz CT molecular complexity index is 824. The second kappa shape index (κ2) is 5.27. The standard InChI is InChI=1S/C21H23NO4/c1-21(2,3)19(24)17-16-14-10-25-20(26-14)18(23)15(16)13-9-8-11-6-4-5-7-12(11)22(13)17/h4-9,13-17,20H,10H2,1-3H3/t13-,14-,15-,16-,17+,20+/m1/s1. The highest BCUT2D eigenvalue weighted by atomic mass is 16.7. The Morgan fingerprint density at radius 2 is 2.00 bits per heavy atom. The summed E-state index contributed by atoms with van der Waals surface area (Å²) in [5, 5.41) is 0. The Morgan fingerprint density at radius 3 is 2.77 bits per heavy atom. The summed E-state index contributed by atoms with van der Waals surface area (Å²) in [4.78, 5) is 28.7. The largest absolute Gasteiger partial charge is 0.353 e. The van der Waals surface area contributed by atoms with Crippen LogP contribution in [0.1, 0.15) is 26.3 Å². The lowest BCUT2D eigenvalue weighted by Gasteiger charge is -2.38. The number of rotatable bonds is 1. The molecule has 0 amide bonds. The van der Waals surface area contributed by atoms with Gasteiger partial charge in [-0.2, -0.15) is 0 Å². The van der Waals surface area contributed by atoms with Crippen molar-refractivity contribution in [2.75, 3.05) is 11.5 Å². The molecule has 0 aromatic heterocycles. The minimum atomic E-state index is -0.767. The smallest absolute Gasteiger partial charge is 0.218 e. The second-order valence-corrected chi connectivity index (χ2v) is 8.72. The molecule has 3 saturated heterocycles. The van der Waals surface area contributed by atoms with E-state index >= 15 is 0 Å². The van der Waals surface area contributed by atoms with Crippen LogP contribution in [0, 0.1) is 17.3 Å². The molecule has 4 heterocycles. The van der Waals surface area contributed by atoms with E-state index in [1.165, 1.54) is 0 Å². The number of fused-ring (bicyclic) bond motifs is 8. The van der Waals surface area contributed by atoms with E-state index in [1.54, 1.807) is 0 Å². The average Bonchev–Trinajstić information content (AvgIpc) is 3.19. The third-order valence-electron chi connectivity index (χ3n) is 6.16. The van der Waals surface area contributed by atoms with Gasteiger partial charge >= 0.3 is 0 Å². The van der Waals surface area contributed by atoms with Gasteiger partial charge in [0.25, 0.3) is 0 Å². The van der Waals surface area contributed by atoms with E-state index in [-0.39, 0.29) is 41.6 Å². The lowest BCUT2D eigenvalue weighted by Crippen LogP contribution is -2.51. The van der Waals surface area contributed by atoms with Crippen LogP contribution in [0.2, 0.25) is 0 Å². The van der Waals surface area contributed by atoms with E-state index in [1.807, 2.05) is 39.0 Å². The fourth-order valence-corrected chi connectivity index (χ4v) is 5.02. The van der Waals surface area contributed by atoms with Gasteiger partial charge in [-0.3, -0.25) is 9.59 Å². The van der Waals surface area contributed by atoms with Crippen LogP contribution in [0.3, 0.4) is 0 Å². The van der Waals surface area contributed by atoms with Gasteiger partial charge in [-0.15, -0.1) is 0 Å². The first kappa shape index (κ1) is 16.2. The van der Waals surface area contributed by atoms with Crippen molar-refractivity contribution in [1.82, 2.24) is 0 Å². The number of anilines is 1. The van der Waals surface area contributed by atoms with Crippen LogP contribution in [0.25, 0.3) is 6.08 Å². The van der Waals surface area contributed by atoms with Gasteiger partial charge in [0.15, 0.2) is 11.6 Å². The van der Waals surface area contributed by atoms with Gasteiger partial charge in [0, 0.05) is 17.0 Å². The lowest BCUT2D eigenvalue weighted by atomic mass is 9.74. The first-order chi connectivity index (χ1) is 12.4. The predicted molar refractivity (Wildman–Crippen MR) is 96.6 cm³/mol. The summed E-state index contributed by atoms with van der Waals surface area (Å²) in [6, 6.07) is 7.59. The summed E-state index contributed by atoms with van der Waals surface area (Å²) in [7, 11) is 0. The van der Waals surface area contributed by atoms with Crippen LogP contribution >= 0.6 is 0 Å². The van der Waals surface area contributed by atoms with Crippen molar-refractivity contribution in [3.8, 4) is 0 Å². The van der Waals surface area contributed by atoms with Crippen LogP contribution in [-0.2, 0) is 19.1 Å². The molecule has 2 bridgehead atoms. The summed E-state index contributed by atoms with van der Waals surface area (Å²) >= 11 is 0. The quantitative estimate of drug-likeness (QED) is 0.776. The molecule has 0 aliphatic carbocycles. The molecule has 0 saturated carbocycles. The lowest BCUT2D eigenvalue weighted by molar-refractivity contribution is -0.164. The minimum Gasteiger partial charge on any atom is -0.353 e. The molecule has 4 aliphatic heterocycles. The van der Waals surface area contributed by atoms with Crippen LogP contribution in [0.15, 0.2) is 30.3 Å². The monoisotopic (exact) mass is 353 g/mol. The Labute approximate surface area is 153 Å². The van der Waals surface area contributed by atoms with Gasteiger partial charge in [0.05, 0.1) is 30.7 Å². The molecule has 0 radical (unpaired) electrons. The summed E-state index contributed by atoms with van der Waals surface area (Å²) in [6.45, 7) is 6.23. The number of carbonyl (C=O) groups is 2. The van der Waals surface area contributed by atoms with E-state index < -0.39 is 11.7 Å². The Hall–Kier alpha value is -1.98. The number of benzene rings is 1. The molecule has 5 heteroatoms. The van der Waals surface area contributed by atoms with Crippen molar-refractivity contribution >= 4 is 23.3 Å². The van der Waals surface area contributed by atoms with Gasteiger partial charge in [-0.05, 0) is 11.6 Å². The number of hydrogen-bond acceptors (Lipinski definition) is 5. The topological polar surface area (TPSA) is 55.8 Å². The number of carbonyl (C=O) groups excluding carboxylic acids is 2. The van der Waals surface area contributed by atoms with Gasteiger partial charge < -0.3 is 14.4 Å². The number of nitrogens with zero attached hydrogens (tertiary/aromatic N) is 1. The first-order valence-corrected chi connectivity index (χ1v) is 9.28. The van der Waals surface area contributed by atoms with Crippen LogP contribution in [-0.4, -0.2) is 42.7 Å². The summed E-state index contributed by atoms with van der Waals surface area (Å²) in [6.07, 6.45) is 3.18. The Kier molecular flexibility index (Phi) is 3.29. The molecule has 5 nitrogen and oxygen atoms in total. The zero-order valence-corrected chi connectivity index (χ0v) is 15.2. The van der Waals surface area contributed by atoms with Crippen molar-refractivity contribution < 1.29 is 19.1 Å². The second-order valence-electron chi connectivity index (χ2n) is 8.72. The summed E-state index contributed by atoms with van der Waals surface area (Å²) in [5.41, 5.74) is 1.62. The summed E-state index contributed by atoms with van der Waals surface area (Å²) < 4.78 is 11.4. The van der Waals surface area contributed by atoms with E-state index in [9.17, 15) is 9.59 Å². The van der Waals surface area contributed by atoms with Crippen molar-refractivity contribution in [3.05, 3.63) is 35.9 Å². The van der Waals surface area contributed by atoms with Gasteiger partial charge in [-0.25, -0.2) is 0 Å². The number of para-hydroxylation sites is 1. The highest BCUT2D eigenvalue weighted by Gasteiger charge is 2.64. The van der Waals surface area contributed by atoms with Crippen molar-refractivity contribution in [2.24, 2.45) is 17.3 Å². The van der Waals surface area contributed by atoms with E-state index in [4.69, 9.17) is 9.47 Å². The van der Waals surface area contributed by atoms with Gasteiger partial charge in [0.2, 0.25) is 6.29 Å². The Balaban J connectivity index is 1.69. The van der Waals surface area contributed by atoms with Crippen LogP contribution < -0.4 is 4.90 Å². The Morgan fingerprint density at radius 1 is 1.23 bits per heavy atom. The fourth-order valence-electron chi connectivity index (χ4n) is 5.02. The number of Topliss-reactive ketones (excluding diaryl/α,β-unsaturated/α-hetero) is 2. The molecule has 0 unspecified atom stereocenters. The van der Waals surface area contributed by atoms with Crippen LogP contribution in [0.5, 0.6) is 0 Å². The molecule has 0 N–H and O–H groups in total. The zero-order chi connectivity index (χ0) is 18.2. The van der Waals surface area contributed by atoms with E-state index in [0.717, 1.165) is 11.3 Å². The normalized spacial score (nSPS) is 37.3. The highest BCUT2D eigenvalue weighted by Crippen LogP contribution is 2.51. The minimum absolute atomic E-state index is 0.0213. The SMILES string of the molecule is CC(C)(C)C(=O)[C@@H]1[C@H]2[C@H](C(=O)[C@H]3OC[C@H]2O3)[C@H]2C=Cc3ccccc3N21. The first-order valence-electron chi connectivity index (χ1n) is 9.28. The third-order valence-corrected chi connectivity index (χ3v) is 6.16. The summed E-state index contributed by atoms with van der Waals surface area (Å²) in [5.74, 6) is -0.301. The molecule has 26 heavy (non-hydrogen) atoms. The van der Waals surface area contributed by atoms with Crippen molar-refractivity contribution in [1.29, 1.82) is 0 Å². The maximum Gasteiger partial charge on any atom is 0.218 e. The van der Waals surface area contributed by atoms with Crippen molar-refractivity contribution in [2.45, 2.75) is 45.2 Å². The molecule has 4 aliphatic rings. The van der Waals surface area contributed by atoms with Crippen molar-refractivity contribution in [3.63, 3.8) is 0 Å².